The van der Waals surface area contributed by atoms with Crippen LogP contribution in [0, 0.1) is 0 Å². The number of benzene rings is 3. The van der Waals surface area contributed by atoms with Crippen molar-refractivity contribution < 1.29 is 14.3 Å². The van der Waals surface area contributed by atoms with E-state index in [4.69, 9.17) is 16.3 Å². The minimum absolute atomic E-state index is 0.0365. The van der Waals surface area contributed by atoms with Crippen LogP contribution in [0.15, 0.2) is 78.9 Å². The Hall–Kier alpha value is -3.31. The van der Waals surface area contributed by atoms with Crippen LogP contribution < -0.4 is 9.64 Å². The van der Waals surface area contributed by atoms with Gasteiger partial charge in [0, 0.05) is 23.3 Å². The van der Waals surface area contributed by atoms with Crippen LogP contribution in [0.2, 0.25) is 5.02 Å². The van der Waals surface area contributed by atoms with Crippen molar-refractivity contribution in [2.75, 3.05) is 18.5 Å². The van der Waals surface area contributed by atoms with Crippen molar-refractivity contribution in [2.45, 2.75) is 11.6 Å². The van der Waals surface area contributed by atoms with E-state index in [1.165, 1.54) is 0 Å². The van der Waals surface area contributed by atoms with Gasteiger partial charge >= 0.3 is 0 Å². The lowest BCUT2D eigenvalue weighted by Gasteiger charge is -2.56. The summed E-state index contributed by atoms with van der Waals surface area (Å²) in [6.45, 7) is -0.0365. The van der Waals surface area contributed by atoms with E-state index in [0.717, 1.165) is 11.1 Å². The molecule has 2 aliphatic heterocycles. The van der Waals surface area contributed by atoms with Crippen molar-refractivity contribution in [1.82, 2.24) is 4.90 Å². The first-order valence-electron chi connectivity index (χ1n) is 9.69. The molecule has 5 rings (SSSR count). The fourth-order valence-electron chi connectivity index (χ4n) is 4.47. The number of β-lactam (4-membered cyclic amide) rings is 1. The number of anilines is 1. The molecule has 0 radical (unpaired) electrons. The molecule has 6 heteroatoms. The number of para-hydroxylation sites is 1. The van der Waals surface area contributed by atoms with Gasteiger partial charge in [-0.3, -0.25) is 9.59 Å². The van der Waals surface area contributed by atoms with Gasteiger partial charge in [0.25, 0.3) is 5.91 Å². The van der Waals surface area contributed by atoms with Gasteiger partial charge in [-0.15, -0.1) is 0 Å². The summed E-state index contributed by atoms with van der Waals surface area (Å²) >= 11 is 6.40. The molecule has 2 aliphatic rings. The van der Waals surface area contributed by atoms with E-state index in [0.29, 0.717) is 16.5 Å². The molecule has 2 amide bonds. The molecule has 5 nitrogen and oxygen atoms in total. The lowest BCUT2D eigenvalue weighted by Crippen LogP contribution is -2.74. The van der Waals surface area contributed by atoms with Crippen LogP contribution in [0.5, 0.6) is 5.75 Å². The van der Waals surface area contributed by atoms with Gasteiger partial charge in [0.15, 0.2) is 0 Å². The maximum absolute atomic E-state index is 13.3. The number of nitrogens with zero attached hydrogens (tertiary/aromatic N) is 2. The molecule has 0 bridgehead atoms. The van der Waals surface area contributed by atoms with Gasteiger partial charge < -0.3 is 14.5 Å². The summed E-state index contributed by atoms with van der Waals surface area (Å²) in [5, 5.41) is 0.532. The number of carbonyl (C=O) groups excluding carboxylic acids is 2. The molecule has 0 aromatic heterocycles. The maximum Gasteiger partial charge on any atom is 0.268 e. The zero-order valence-corrected chi connectivity index (χ0v) is 17.0. The zero-order chi connectivity index (χ0) is 20.9. The molecule has 3 aromatic carbocycles. The third-order valence-electron chi connectivity index (χ3n) is 5.90. The van der Waals surface area contributed by atoms with Crippen molar-refractivity contribution >= 4 is 29.1 Å². The van der Waals surface area contributed by atoms with Crippen LogP contribution in [0.25, 0.3) is 0 Å². The lowest BCUT2D eigenvalue weighted by molar-refractivity contribution is -0.177. The molecule has 1 saturated heterocycles. The summed E-state index contributed by atoms with van der Waals surface area (Å²) in [5.74, 6) is 0.207. The van der Waals surface area contributed by atoms with Crippen molar-refractivity contribution in [2.24, 2.45) is 0 Å². The minimum Gasteiger partial charge on any atom is -0.477 e. The summed E-state index contributed by atoms with van der Waals surface area (Å²) in [6.07, 6.45) is -0.821. The van der Waals surface area contributed by atoms with E-state index in [-0.39, 0.29) is 18.4 Å². The number of hydrogen-bond donors (Lipinski definition) is 0. The SMILES string of the molecule is CN1C(=O)CN2C(=O)[C@@H](Oc3ccccc3)[C@]2(c2ccccc2)c2cc(Cl)ccc21. The largest absolute Gasteiger partial charge is 0.477 e. The van der Waals surface area contributed by atoms with Crippen molar-refractivity contribution in [1.29, 1.82) is 0 Å². The molecule has 0 unspecified atom stereocenters. The highest BCUT2D eigenvalue weighted by Crippen LogP contribution is 2.53. The second-order valence-electron chi connectivity index (χ2n) is 7.48. The number of fused-ring (bicyclic) bond motifs is 3. The third kappa shape index (κ3) is 2.55. The van der Waals surface area contributed by atoms with Crippen molar-refractivity contribution in [3.8, 4) is 5.75 Å². The van der Waals surface area contributed by atoms with Crippen LogP contribution >= 0.6 is 11.6 Å². The summed E-state index contributed by atoms with van der Waals surface area (Å²) < 4.78 is 6.25. The molecule has 1 fully saturated rings. The topological polar surface area (TPSA) is 49.9 Å². The second kappa shape index (κ2) is 6.89. The minimum atomic E-state index is -0.963. The summed E-state index contributed by atoms with van der Waals surface area (Å²) in [5.41, 5.74) is 1.40. The number of carbonyl (C=O) groups is 2. The normalized spacial score (nSPS) is 22.7. The molecule has 30 heavy (non-hydrogen) atoms. The Bertz CT molecular complexity index is 1140. The second-order valence-corrected chi connectivity index (χ2v) is 7.92. The Labute approximate surface area is 179 Å². The fourth-order valence-corrected chi connectivity index (χ4v) is 4.64. The third-order valence-corrected chi connectivity index (χ3v) is 6.14. The molecule has 0 saturated carbocycles. The number of halogens is 1. The number of ether oxygens (including phenoxy) is 1. The van der Waals surface area contributed by atoms with E-state index < -0.39 is 11.6 Å². The molecule has 2 atom stereocenters. The van der Waals surface area contributed by atoms with Crippen LogP contribution in [0.4, 0.5) is 5.69 Å². The molecule has 0 N–H and O–H groups in total. The molecular formula is C24H19ClN2O3. The van der Waals surface area contributed by atoms with E-state index in [9.17, 15) is 9.59 Å². The first-order valence-corrected chi connectivity index (χ1v) is 10.1. The predicted molar refractivity (Wildman–Crippen MR) is 115 cm³/mol. The Morgan fingerprint density at radius 2 is 1.63 bits per heavy atom. The number of amides is 2. The summed E-state index contributed by atoms with van der Waals surface area (Å²) in [6, 6.07) is 24.4. The van der Waals surface area contributed by atoms with Gasteiger partial charge in [-0.25, -0.2) is 0 Å². The standard InChI is InChI=1S/C24H19ClN2O3/c1-26-20-13-12-17(25)14-19(20)24(16-8-4-2-5-9-16)22(23(29)27(24)15-21(26)28)30-18-10-6-3-7-11-18/h2-14,22H,15H2,1H3/t22-,24+/m1/s1. The average Bonchev–Trinajstić information content (AvgIpc) is 2.86. The Kier molecular flexibility index (Phi) is 4.29. The van der Waals surface area contributed by atoms with Crippen molar-refractivity contribution in [3.05, 3.63) is 95.0 Å². The van der Waals surface area contributed by atoms with Crippen molar-refractivity contribution in [3.63, 3.8) is 0 Å². The summed E-state index contributed by atoms with van der Waals surface area (Å²) in [7, 11) is 1.72. The molecule has 150 valence electrons. The van der Waals surface area contributed by atoms with Gasteiger partial charge in [-0.05, 0) is 35.9 Å². The highest BCUT2D eigenvalue weighted by molar-refractivity contribution is 6.30. The van der Waals surface area contributed by atoms with Crippen LogP contribution in [-0.2, 0) is 15.1 Å². The molecular weight excluding hydrogens is 400 g/mol. The fraction of sp³-hybridized carbons (Fsp3) is 0.167. The van der Waals surface area contributed by atoms with Gasteiger partial charge in [-0.1, -0.05) is 60.1 Å². The van der Waals surface area contributed by atoms with Crippen LogP contribution in [0.3, 0.4) is 0 Å². The van der Waals surface area contributed by atoms with Crippen LogP contribution in [-0.4, -0.2) is 36.4 Å². The predicted octanol–water partition coefficient (Wildman–Crippen LogP) is 3.85. The average molecular weight is 419 g/mol. The molecule has 0 aliphatic carbocycles. The highest BCUT2D eigenvalue weighted by atomic mass is 35.5. The lowest BCUT2D eigenvalue weighted by atomic mass is 9.69. The van der Waals surface area contributed by atoms with E-state index >= 15 is 0 Å². The Balaban J connectivity index is 1.78. The molecule has 0 spiro atoms. The van der Waals surface area contributed by atoms with Gasteiger partial charge in [-0.2, -0.15) is 0 Å². The van der Waals surface area contributed by atoms with E-state index in [2.05, 4.69) is 0 Å². The number of likely N-dealkylation sites (N-methyl/N-ethyl adjacent to an activating group) is 1. The van der Waals surface area contributed by atoms with Gasteiger partial charge in [0.05, 0.1) is 0 Å². The maximum atomic E-state index is 13.3. The van der Waals surface area contributed by atoms with E-state index in [1.807, 2.05) is 72.8 Å². The number of hydrogen-bond acceptors (Lipinski definition) is 3. The number of rotatable bonds is 3. The molecule has 3 aromatic rings. The quantitative estimate of drug-likeness (QED) is 0.607. The molecule has 2 heterocycles. The highest BCUT2D eigenvalue weighted by Gasteiger charge is 2.66. The Morgan fingerprint density at radius 1 is 0.967 bits per heavy atom. The van der Waals surface area contributed by atoms with Crippen LogP contribution in [0.1, 0.15) is 11.1 Å². The zero-order valence-electron chi connectivity index (χ0n) is 16.3. The van der Waals surface area contributed by atoms with E-state index in [1.54, 1.807) is 22.9 Å². The monoisotopic (exact) mass is 418 g/mol. The van der Waals surface area contributed by atoms with Gasteiger partial charge in [0.1, 0.15) is 17.8 Å². The first-order chi connectivity index (χ1) is 14.5. The first kappa shape index (κ1) is 18.7. The summed E-state index contributed by atoms with van der Waals surface area (Å²) in [4.78, 5) is 29.4. The van der Waals surface area contributed by atoms with Gasteiger partial charge in [0.2, 0.25) is 12.0 Å². The Morgan fingerprint density at radius 3 is 2.33 bits per heavy atom. The smallest absolute Gasteiger partial charge is 0.268 e.